The number of hydrogen-bond acceptors (Lipinski definition) is 3. The lowest BCUT2D eigenvalue weighted by Crippen LogP contribution is -1.88. The van der Waals surface area contributed by atoms with Crippen molar-refractivity contribution >= 4 is 32.7 Å². The maximum absolute atomic E-state index is 10.6. The van der Waals surface area contributed by atoms with Crippen LogP contribution < -0.4 is 0 Å². The number of carbonyl (C=O) groups excluding carboxylic acids is 1. The fraction of sp³-hybridized carbons (Fsp3) is 0.0714. The molecule has 0 atom stereocenters. The maximum atomic E-state index is 10.6. The molecule has 4 heteroatoms. The number of nitrogens with zero attached hydrogens (tertiary/aromatic N) is 2. The van der Waals surface area contributed by atoms with E-state index in [0.29, 0.717) is 0 Å². The first kappa shape index (κ1) is 12.6. The molecule has 0 aliphatic carbocycles. The minimum Gasteiger partial charge on any atom is -0.295 e. The van der Waals surface area contributed by atoms with Gasteiger partial charge in [-0.1, -0.05) is 30.3 Å². The van der Waals surface area contributed by atoms with E-state index in [4.69, 9.17) is 0 Å². The van der Waals surface area contributed by atoms with E-state index in [2.05, 4.69) is 26.1 Å². The largest absolute Gasteiger partial charge is 0.295 e. The van der Waals surface area contributed by atoms with Gasteiger partial charge in [0.2, 0.25) is 0 Å². The van der Waals surface area contributed by atoms with Gasteiger partial charge in [-0.3, -0.25) is 4.79 Å². The Kier molecular flexibility index (Phi) is 3.99. The smallest absolute Gasteiger partial charge is 0.159 e. The highest BCUT2D eigenvalue weighted by Gasteiger charge is 1.97. The molecule has 3 nitrogen and oxygen atoms in total. The number of benzene rings is 2. The van der Waals surface area contributed by atoms with Crippen LogP contribution in [0.5, 0.6) is 0 Å². The van der Waals surface area contributed by atoms with Gasteiger partial charge in [0.25, 0.3) is 0 Å². The molecule has 0 fully saturated rings. The molecule has 0 spiro atoms. The summed E-state index contributed by atoms with van der Waals surface area (Å²) in [5.74, 6) is 0.121. The molecule has 0 radical (unpaired) electrons. The maximum Gasteiger partial charge on any atom is 0.159 e. The topological polar surface area (TPSA) is 42.9 Å². The van der Waals surface area contributed by atoms with E-state index in [1.165, 1.54) is 0 Å². The zero-order chi connectivity index (χ0) is 13.0. The van der Waals surface area contributed by atoms with Crippen molar-refractivity contribution in [2.24, 2.45) is 0 Å². The molecule has 0 N–H and O–H groups in total. The summed E-state index contributed by atoms with van der Waals surface area (Å²) >= 11 is 3.34. The molecule has 4 rings (SSSR count). The Labute approximate surface area is 113 Å². The summed E-state index contributed by atoms with van der Waals surface area (Å²) in [6.07, 6.45) is 0. The lowest BCUT2D eigenvalue weighted by atomic mass is 10.2. The Hall–Kier alpha value is -1.81. The summed E-state index contributed by atoms with van der Waals surface area (Å²) in [5, 5.41) is 7.74. The Morgan fingerprint density at radius 2 is 1.78 bits per heavy atom. The van der Waals surface area contributed by atoms with Gasteiger partial charge in [0, 0.05) is 10.0 Å². The standard InChI is InChI=1S/C8H8O.C6H3BrN2/c1-7(9)8-5-3-2-4-6-8;7-5-3-4-1-2-6(5)9-8-4/h2-6H,1H3;1-3H. The van der Waals surface area contributed by atoms with Crippen molar-refractivity contribution in [3.63, 3.8) is 0 Å². The normalized spacial score (nSPS) is 9.89. The fourth-order valence-corrected chi connectivity index (χ4v) is 1.87. The Morgan fingerprint density at radius 3 is 2.06 bits per heavy atom. The van der Waals surface area contributed by atoms with E-state index in [1.54, 1.807) is 6.92 Å². The summed E-state index contributed by atoms with van der Waals surface area (Å²) in [6, 6.07) is 15.0. The number of hydrogen-bond donors (Lipinski definition) is 0. The van der Waals surface area contributed by atoms with Gasteiger partial charge in [-0.05, 0) is 41.1 Å². The van der Waals surface area contributed by atoms with E-state index < -0.39 is 0 Å². The number of rotatable bonds is 1. The van der Waals surface area contributed by atoms with Crippen LogP contribution in [0.3, 0.4) is 0 Å². The quantitative estimate of drug-likeness (QED) is 0.643. The summed E-state index contributed by atoms with van der Waals surface area (Å²) in [6.45, 7) is 1.56. The summed E-state index contributed by atoms with van der Waals surface area (Å²) < 4.78 is 1.02. The molecule has 0 unspecified atom stereocenters. The number of carbonyl (C=O) groups is 1. The molecule has 2 aromatic heterocycles. The van der Waals surface area contributed by atoms with E-state index in [1.807, 2.05) is 48.5 Å². The lowest BCUT2D eigenvalue weighted by molar-refractivity contribution is 0.101. The predicted molar refractivity (Wildman–Crippen MR) is 74.9 cm³/mol. The van der Waals surface area contributed by atoms with Crippen molar-refractivity contribution in [1.29, 1.82) is 0 Å². The predicted octanol–water partition coefficient (Wildman–Crippen LogP) is 3.72. The first-order chi connectivity index (χ1) is 8.66. The van der Waals surface area contributed by atoms with E-state index in [-0.39, 0.29) is 5.78 Å². The second kappa shape index (κ2) is 5.69. The second-order valence-corrected chi connectivity index (χ2v) is 4.61. The van der Waals surface area contributed by atoms with Gasteiger partial charge in [-0.2, -0.15) is 5.10 Å². The molecule has 0 saturated heterocycles. The zero-order valence-corrected chi connectivity index (χ0v) is 11.4. The van der Waals surface area contributed by atoms with Gasteiger partial charge in [0.1, 0.15) is 0 Å². The molecule has 0 saturated carbocycles. The van der Waals surface area contributed by atoms with E-state index >= 15 is 0 Å². The number of aromatic nitrogens is 2. The van der Waals surface area contributed by atoms with Gasteiger partial charge in [-0.15, -0.1) is 5.10 Å². The third-order valence-electron chi connectivity index (χ3n) is 2.38. The highest BCUT2D eigenvalue weighted by molar-refractivity contribution is 9.10. The number of Topliss-reactive ketones (excluding diaryl/α,β-unsaturated/α-hetero) is 1. The summed E-state index contributed by atoms with van der Waals surface area (Å²) in [4.78, 5) is 10.6. The highest BCUT2D eigenvalue weighted by Crippen LogP contribution is 2.18. The SMILES string of the molecule is Brc1cc2ccc1nn2.CC(=O)c1ccccc1. The molecule has 18 heavy (non-hydrogen) atoms. The second-order valence-electron chi connectivity index (χ2n) is 3.76. The number of ketones is 1. The minimum absolute atomic E-state index is 0.121. The van der Waals surface area contributed by atoms with Gasteiger partial charge < -0.3 is 0 Å². The molecular formula is C14H11BrN2O. The lowest BCUT2D eigenvalue weighted by Gasteiger charge is -1.95. The average molecular weight is 303 g/mol. The van der Waals surface area contributed by atoms with Crippen LogP contribution >= 0.6 is 15.9 Å². The zero-order valence-electron chi connectivity index (χ0n) is 9.80. The van der Waals surface area contributed by atoms with Crippen molar-refractivity contribution in [2.45, 2.75) is 6.92 Å². The highest BCUT2D eigenvalue weighted by atomic mass is 79.9. The van der Waals surface area contributed by atoms with Crippen LogP contribution in [0.15, 0.2) is 53.0 Å². The molecule has 2 heterocycles. The molecule has 0 amide bonds. The van der Waals surface area contributed by atoms with Gasteiger partial charge in [-0.25, -0.2) is 0 Å². The van der Waals surface area contributed by atoms with Crippen LogP contribution in [0, 0.1) is 0 Å². The average Bonchev–Trinajstić information content (AvgIpc) is 2.41. The van der Waals surface area contributed by atoms with Crippen LogP contribution in [0.25, 0.3) is 11.0 Å². The van der Waals surface area contributed by atoms with Gasteiger partial charge in [0.15, 0.2) is 5.78 Å². The molecular weight excluding hydrogens is 292 g/mol. The van der Waals surface area contributed by atoms with Crippen molar-refractivity contribution in [3.05, 3.63) is 58.6 Å². The third kappa shape index (κ3) is 3.11. The first-order valence-corrected chi connectivity index (χ1v) is 6.23. The van der Waals surface area contributed by atoms with Crippen molar-refractivity contribution in [3.8, 4) is 0 Å². The van der Waals surface area contributed by atoms with E-state index in [0.717, 1.165) is 21.1 Å². The monoisotopic (exact) mass is 302 g/mol. The van der Waals surface area contributed by atoms with Crippen molar-refractivity contribution in [2.75, 3.05) is 0 Å². The molecule has 90 valence electrons. The van der Waals surface area contributed by atoms with Crippen LogP contribution in [0.2, 0.25) is 0 Å². The van der Waals surface area contributed by atoms with Gasteiger partial charge >= 0.3 is 0 Å². The Balaban J connectivity index is 0.000000134. The van der Waals surface area contributed by atoms with Crippen molar-refractivity contribution in [1.82, 2.24) is 10.2 Å². The van der Waals surface area contributed by atoms with Crippen molar-refractivity contribution < 1.29 is 4.79 Å². The van der Waals surface area contributed by atoms with Crippen LogP contribution in [0.1, 0.15) is 17.3 Å². The third-order valence-corrected chi connectivity index (χ3v) is 3.02. The Morgan fingerprint density at radius 1 is 1.06 bits per heavy atom. The minimum atomic E-state index is 0.121. The van der Waals surface area contributed by atoms with Crippen LogP contribution in [-0.4, -0.2) is 16.0 Å². The molecule has 0 aliphatic heterocycles. The molecule has 2 bridgehead atoms. The summed E-state index contributed by atoms with van der Waals surface area (Å²) in [5.41, 5.74) is 2.60. The Bertz CT molecular complexity index is 620. The number of fused-ring (bicyclic) bond motifs is 3. The van der Waals surface area contributed by atoms with Crippen LogP contribution in [0.4, 0.5) is 0 Å². The fourth-order valence-electron chi connectivity index (χ4n) is 1.42. The molecule has 2 aromatic carbocycles. The summed E-state index contributed by atoms with van der Waals surface area (Å²) in [7, 11) is 0. The van der Waals surface area contributed by atoms with Crippen LogP contribution in [-0.2, 0) is 0 Å². The number of halogens is 1. The molecule has 0 aliphatic rings. The van der Waals surface area contributed by atoms with E-state index in [9.17, 15) is 4.79 Å². The molecule has 4 aromatic rings. The van der Waals surface area contributed by atoms with Gasteiger partial charge in [0.05, 0.1) is 11.0 Å². The first-order valence-electron chi connectivity index (χ1n) is 5.44.